The minimum absolute atomic E-state index is 0.00211. The number of aromatic nitrogens is 3. The van der Waals surface area contributed by atoms with Crippen LogP contribution in [0, 0.1) is 0 Å². The van der Waals surface area contributed by atoms with E-state index in [1.54, 1.807) is 0 Å². The van der Waals surface area contributed by atoms with Gasteiger partial charge in [-0.25, -0.2) is 9.78 Å². The number of benzene rings is 2. The van der Waals surface area contributed by atoms with Crippen molar-refractivity contribution >= 4 is 50.7 Å². The summed E-state index contributed by atoms with van der Waals surface area (Å²) in [6, 6.07) is 17.1. The number of hydrogen-bond acceptors (Lipinski definition) is 7. The Morgan fingerprint density at radius 3 is 2.61 bits per heavy atom. The molecule has 4 rings (SSSR count). The van der Waals surface area contributed by atoms with Gasteiger partial charge in [-0.1, -0.05) is 61.2 Å². The van der Waals surface area contributed by atoms with Gasteiger partial charge in [-0.3, -0.25) is 19.1 Å². The van der Waals surface area contributed by atoms with Gasteiger partial charge in [0, 0.05) is 6.54 Å². The molecule has 33 heavy (non-hydrogen) atoms. The normalized spacial score (nSPS) is 11.1. The third-order valence-electron chi connectivity index (χ3n) is 5.01. The minimum Gasteiger partial charge on any atom is -0.383 e. The minimum atomic E-state index is -0.673. The van der Waals surface area contributed by atoms with Gasteiger partial charge in [-0.05, 0) is 24.1 Å². The monoisotopic (exact) mass is 481 g/mol. The lowest BCUT2D eigenvalue weighted by Gasteiger charge is -2.24. The molecule has 0 bridgehead atoms. The highest BCUT2D eigenvalue weighted by molar-refractivity contribution is 8.01. The molecule has 0 radical (unpaired) electrons. The fraction of sp³-hybridized carbons (Fsp3) is 0.217. The Balaban J connectivity index is 1.62. The topological polar surface area (TPSA) is 114 Å². The van der Waals surface area contributed by atoms with Crippen LogP contribution >= 0.6 is 23.1 Å². The molecule has 2 heterocycles. The van der Waals surface area contributed by atoms with Gasteiger partial charge in [0.05, 0.1) is 22.5 Å². The van der Waals surface area contributed by atoms with Crippen LogP contribution in [0.2, 0.25) is 0 Å². The van der Waals surface area contributed by atoms with Gasteiger partial charge >= 0.3 is 5.69 Å². The molecule has 1 amide bonds. The first-order valence-electron chi connectivity index (χ1n) is 10.4. The highest BCUT2D eigenvalue weighted by atomic mass is 32.2. The third-order valence-corrected chi connectivity index (χ3v) is 7.17. The second-order valence-electron chi connectivity index (χ2n) is 7.35. The first kappa shape index (κ1) is 22.8. The van der Waals surface area contributed by atoms with Crippen molar-refractivity contribution in [2.75, 3.05) is 22.9 Å². The molecule has 4 aromatic rings. The summed E-state index contributed by atoms with van der Waals surface area (Å²) in [5.74, 6) is -0.209. The summed E-state index contributed by atoms with van der Waals surface area (Å²) in [7, 11) is 0. The number of thiazole rings is 1. The number of aromatic amines is 1. The summed E-state index contributed by atoms with van der Waals surface area (Å²) in [5.41, 5.74) is 6.75. The van der Waals surface area contributed by atoms with Crippen molar-refractivity contribution < 1.29 is 4.79 Å². The van der Waals surface area contributed by atoms with E-state index in [2.05, 4.69) is 9.97 Å². The fourth-order valence-electron chi connectivity index (χ4n) is 3.46. The zero-order valence-corrected chi connectivity index (χ0v) is 19.6. The summed E-state index contributed by atoms with van der Waals surface area (Å²) < 4.78 is 3.10. The van der Waals surface area contributed by atoms with Crippen molar-refractivity contribution in [2.24, 2.45) is 0 Å². The fourth-order valence-corrected chi connectivity index (χ4v) is 5.40. The molecule has 10 heteroatoms. The van der Waals surface area contributed by atoms with Gasteiger partial charge < -0.3 is 10.6 Å². The molecule has 0 saturated heterocycles. The van der Waals surface area contributed by atoms with E-state index in [1.165, 1.54) is 32.6 Å². The molecule has 0 aliphatic carbocycles. The number of rotatable bonds is 8. The molecule has 8 nitrogen and oxygen atoms in total. The van der Waals surface area contributed by atoms with Gasteiger partial charge in [0.15, 0.2) is 10.0 Å². The van der Waals surface area contributed by atoms with Crippen LogP contribution < -0.4 is 21.9 Å². The number of H-pyrrole nitrogens is 1. The zero-order valence-electron chi connectivity index (χ0n) is 18.0. The number of hydrogen-bond donors (Lipinski definition) is 2. The first-order valence-corrected chi connectivity index (χ1v) is 12.2. The maximum Gasteiger partial charge on any atom is 0.330 e. The first-order chi connectivity index (χ1) is 16.0. The Morgan fingerprint density at radius 2 is 1.88 bits per heavy atom. The van der Waals surface area contributed by atoms with Crippen LogP contribution in [0.5, 0.6) is 0 Å². The molecule has 0 saturated carbocycles. The van der Waals surface area contributed by atoms with Gasteiger partial charge in [0.1, 0.15) is 5.82 Å². The number of fused-ring (bicyclic) bond motifs is 1. The van der Waals surface area contributed by atoms with Crippen LogP contribution in [0.3, 0.4) is 0 Å². The van der Waals surface area contributed by atoms with Crippen molar-refractivity contribution in [3.8, 4) is 0 Å². The Labute approximate surface area is 198 Å². The quantitative estimate of drug-likeness (QED) is 0.373. The SMILES string of the molecule is CCCN(C(=O)CSc1nc2ccccc2s1)c1c(N)n(Cc2ccccc2)c(=O)[nH]c1=O. The van der Waals surface area contributed by atoms with E-state index in [0.29, 0.717) is 13.0 Å². The summed E-state index contributed by atoms with van der Waals surface area (Å²) in [4.78, 5) is 46.6. The van der Waals surface area contributed by atoms with E-state index >= 15 is 0 Å². The lowest BCUT2D eigenvalue weighted by atomic mass is 10.2. The van der Waals surface area contributed by atoms with E-state index in [-0.39, 0.29) is 29.7 Å². The number of nitrogens with one attached hydrogen (secondary N) is 1. The van der Waals surface area contributed by atoms with Crippen LogP contribution in [0.15, 0.2) is 68.5 Å². The number of nitrogen functional groups attached to an aromatic ring is 1. The molecule has 0 unspecified atom stereocenters. The van der Waals surface area contributed by atoms with Gasteiger partial charge in [0.2, 0.25) is 5.91 Å². The van der Waals surface area contributed by atoms with Crippen LogP contribution in [-0.2, 0) is 11.3 Å². The van der Waals surface area contributed by atoms with Crippen LogP contribution in [0.4, 0.5) is 11.5 Å². The number of carbonyl (C=O) groups excluding carboxylic acids is 1. The van der Waals surface area contributed by atoms with Crippen molar-refractivity contribution in [1.29, 1.82) is 0 Å². The number of anilines is 2. The van der Waals surface area contributed by atoms with Crippen LogP contribution in [0.25, 0.3) is 10.2 Å². The number of nitrogens with zero attached hydrogens (tertiary/aromatic N) is 3. The molecular weight excluding hydrogens is 458 g/mol. The number of amides is 1. The highest BCUT2D eigenvalue weighted by Gasteiger charge is 2.24. The predicted octanol–water partition coefficient (Wildman–Crippen LogP) is 3.31. The molecule has 170 valence electrons. The van der Waals surface area contributed by atoms with Gasteiger partial charge in [-0.2, -0.15) is 0 Å². The maximum atomic E-state index is 13.2. The third kappa shape index (κ3) is 5.01. The molecular formula is C23H23N5O3S2. The molecule has 0 aliphatic heterocycles. The van der Waals surface area contributed by atoms with E-state index in [4.69, 9.17) is 5.73 Å². The maximum absolute atomic E-state index is 13.2. The predicted molar refractivity (Wildman–Crippen MR) is 134 cm³/mol. The van der Waals surface area contributed by atoms with E-state index < -0.39 is 11.2 Å². The molecule has 2 aromatic heterocycles. The Kier molecular flexibility index (Phi) is 6.95. The van der Waals surface area contributed by atoms with Crippen molar-refractivity contribution in [3.05, 3.63) is 81.0 Å². The summed E-state index contributed by atoms with van der Waals surface area (Å²) in [5, 5.41) is 0. The van der Waals surface area contributed by atoms with Crippen molar-refractivity contribution in [3.63, 3.8) is 0 Å². The largest absolute Gasteiger partial charge is 0.383 e. The zero-order chi connectivity index (χ0) is 23.4. The molecule has 0 fully saturated rings. The average Bonchev–Trinajstić information content (AvgIpc) is 3.23. The molecule has 0 spiro atoms. The second-order valence-corrected chi connectivity index (χ2v) is 9.60. The average molecular weight is 482 g/mol. The lowest BCUT2D eigenvalue weighted by Crippen LogP contribution is -2.42. The number of para-hydroxylation sites is 1. The van der Waals surface area contributed by atoms with Gasteiger partial charge in [-0.15, -0.1) is 11.3 Å². The summed E-state index contributed by atoms with van der Waals surface area (Å²) in [6.07, 6.45) is 0.619. The van der Waals surface area contributed by atoms with Crippen LogP contribution in [-0.4, -0.2) is 32.7 Å². The van der Waals surface area contributed by atoms with E-state index in [9.17, 15) is 14.4 Å². The summed E-state index contributed by atoms with van der Waals surface area (Å²) in [6.45, 7) is 2.39. The Morgan fingerprint density at radius 1 is 1.15 bits per heavy atom. The van der Waals surface area contributed by atoms with Gasteiger partial charge in [0.25, 0.3) is 5.56 Å². The molecule has 0 aliphatic rings. The molecule has 3 N–H and O–H groups in total. The lowest BCUT2D eigenvalue weighted by molar-refractivity contribution is -0.116. The van der Waals surface area contributed by atoms with Crippen LogP contribution in [0.1, 0.15) is 18.9 Å². The standard InChI is InChI=1S/C23H23N5O3S2/c1-2-12-27(18(29)14-32-23-25-16-10-6-7-11-17(16)33-23)19-20(24)28(22(31)26-21(19)30)13-15-8-4-3-5-9-15/h3-11H,2,12-14,24H2,1H3,(H,26,30,31). The Bertz CT molecular complexity index is 1360. The molecule has 2 aromatic carbocycles. The number of thioether (sulfide) groups is 1. The number of nitrogens with two attached hydrogens (primary N) is 1. The van der Waals surface area contributed by atoms with E-state index in [0.717, 1.165) is 20.1 Å². The molecule has 0 atom stereocenters. The van der Waals surface area contributed by atoms with E-state index in [1.807, 2.05) is 61.5 Å². The van der Waals surface area contributed by atoms with Crippen molar-refractivity contribution in [1.82, 2.24) is 14.5 Å². The smallest absolute Gasteiger partial charge is 0.330 e. The summed E-state index contributed by atoms with van der Waals surface area (Å²) >= 11 is 2.83. The number of carbonyl (C=O) groups is 1. The second kappa shape index (κ2) is 10.1. The Hall–Kier alpha value is -3.37. The highest BCUT2D eigenvalue weighted by Crippen LogP contribution is 2.30. The van der Waals surface area contributed by atoms with Crippen molar-refractivity contribution in [2.45, 2.75) is 24.2 Å².